The number of imide groups is 1. The number of nitrogens with one attached hydrogen (secondary N) is 2. The summed E-state index contributed by atoms with van der Waals surface area (Å²) in [5.74, 6) is 5.98. The molecule has 4 rings (SSSR count). The maximum absolute atomic E-state index is 12.3. The van der Waals surface area contributed by atoms with Gasteiger partial charge in [0.2, 0.25) is 0 Å². The Morgan fingerprint density at radius 2 is 1.87 bits per heavy atom. The first kappa shape index (κ1) is 13.6. The summed E-state index contributed by atoms with van der Waals surface area (Å²) in [7, 11) is 0. The van der Waals surface area contributed by atoms with Crippen molar-refractivity contribution in [1.82, 2.24) is 15.2 Å². The van der Waals surface area contributed by atoms with Gasteiger partial charge in [-0.3, -0.25) is 10.1 Å². The molecule has 0 saturated carbocycles. The summed E-state index contributed by atoms with van der Waals surface area (Å²) in [6.45, 7) is 0.827. The molecule has 1 aromatic carbocycles. The first-order valence-corrected chi connectivity index (χ1v) is 7.59. The number of hydrogen-bond donors (Lipinski definition) is 2. The zero-order valence-electron chi connectivity index (χ0n) is 12.4. The zero-order chi connectivity index (χ0) is 15.9. The van der Waals surface area contributed by atoms with Crippen molar-refractivity contribution in [3.63, 3.8) is 0 Å². The Balaban J connectivity index is 1.72. The minimum atomic E-state index is -0.942. The number of carbonyl (C=O) groups is 2. The number of hydrogen-bond acceptors (Lipinski definition) is 2. The van der Waals surface area contributed by atoms with E-state index in [2.05, 4.69) is 22.5 Å². The molecule has 1 unspecified atom stereocenters. The highest BCUT2D eigenvalue weighted by molar-refractivity contribution is 6.07. The van der Waals surface area contributed by atoms with Gasteiger partial charge in [-0.2, -0.15) is 0 Å². The Morgan fingerprint density at radius 1 is 1.09 bits per heavy atom. The van der Waals surface area contributed by atoms with Gasteiger partial charge in [-0.1, -0.05) is 30.0 Å². The first-order chi connectivity index (χ1) is 11.2. The molecule has 2 N–H and O–H groups in total. The lowest BCUT2D eigenvalue weighted by Gasteiger charge is -2.31. The second-order valence-electron chi connectivity index (χ2n) is 5.84. The molecule has 3 heterocycles. The van der Waals surface area contributed by atoms with Crippen LogP contribution in [0.5, 0.6) is 0 Å². The second kappa shape index (κ2) is 5.03. The Hall–Kier alpha value is -3.00. The van der Waals surface area contributed by atoms with Crippen LogP contribution in [-0.4, -0.2) is 16.5 Å². The topological polar surface area (TPSA) is 63.1 Å². The van der Waals surface area contributed by atoms with E-state index in [9.17, 15) is 9.59 Å². The average Bonchev–Trinajstić information content (AvgIpc) is 3.09. The zero-order valence-corrected chi connectivity index (χ0v) is 12.4. The van der Waals surface area contributed by atoms with Gasteiger partial charge in [0.1, 0.15) is 0 Å². The number of amides is 3. The molecule has 0 bridgehead atoms. The van der Waals surface area contributed by atoms with E-state index >= 15 is 0 Å². The van der Waals surface area contributed by atoms with Crippen LogP contribution in [0.15, 0.2) is 42.6 Å². The van der Waals surface area contributed by atoms with E-state index < -0.39 is 11.6 Å². The maximum atomic E-state index is 12.3. The standard InChI is InChI=1S/C18H15N3O2/c22-16-18(20-17(23)19-16)9-4-10-21-12-14(11-15(18)21)8-7-13-5-2-1-3-6-13/h1-3,5-6,11-12H,4,9-10H2,(H2,19,20,22,23). The van der Waals surface area contributed by atoms with Crippen LogP contribution in [-0.2, 0) is 16.9 Å². The highest BCUT2D eigenvalue weighted by atomic mass is 16.2. The fraction of sp³-hybridized carbons (Fsp3) is 0.222. The number of nitrogens with zero attached hydrogens (tertiary/aromatic N) is 1. The Labute approximate surface area is 133 Å². The normalized spacial score (nSPS) is 22.1. The number of aromatic nitrogens is 1. The molecule has 1 aromatic heterocycles. The van der Waals surface area contributed by atoms with Crippen LogP contribution in [0.25, 0.3) is 0 Å². The SMILES string of the molecule is O=C1NC(=O)C2(CCCn3cc(C#Cc4ccccc4)cc32)N1. The highest BCUT2D eigenvalue weighted by Gasteiger charge is 2.50. The number of fused-ring (bicyclic) bond motifs is 2. The molecule has 114 valence electrons. The Bertz CT molecular complexity index is 857. The van der Waals surface area contributed by atoms with Crippen molar-refractivity contribution in [3.8, 4) is 11.8 Å². The van der Waals surface area contributed by atoms with Crippen LogP contribution in [0, 0.1) is 11.8 Å². The summed E-state index contributed by atoms with van der Waals surface area (Å²) < 4.78 is 2.02. The third-order valence-electron chi connectivity index (χ3n) is 4.35. The molecule has 2 aromatic rings. The number of rotatable bonds is 0. The molecule has 1 saturated heterocycles. The van der Waals surface area contributed by atoms with Gasteiger partial charge in [0.25, 0.3) is 5.91 Å². The van der Waals surface area contributed by atoms with E-state index in [1.165, 1.54) is 0 Å². The van der Waals surface area contributed by atoms with Crippen molar-refractivity contribution >= 4 is 11.9 Å². The van der Waals surface area contributed by atoms with E-state index in [0.717, 1.165) is 29.8 Å². The van der Waals surface area contributed by atoms with Crippen molar-refractivity contribution in [1.29, 1.82) is 0 Å². The first-order valence-electron chi connectivity index (χ1n) is 7.59. The van der Waals surface area contributed by atoms with Gasteiger partial charge < -0.3 is 9.88 Å². The number of benzene rings is 1. The molecular weight excluding hydrogens is 290 g/mol. The molecule has 23 heavy (non-hydrogen) atoms. The van der Waals surface area contributed by atoms with Crippen molar-refractivity contribution in [2.24, 2.45) is 0 Å². The molecular formula is C18H15N3O2. The largest absolute Gasteiger partial charge is 0.348 e. The van der Waals surface area contributed by atoms with Crippen LogP contribution in [0.2, 0.25) is 0 Å². The molecule has 5 heteroatoms. The quantitative estimate of drug-likeness (QED) is 0.575. The van der Waals surface area contributed by atoms with E-state index in [4.69, 9.17) is 0 Å². The highest BCUT2D eigenvalue weighted by Crippen LogP contribution is 2.35. The van der Waals surface area contributed by atoms with E-state index in [-0.39, 0.29) is 5.91 Å². The third-order valence-corrected chi connectivity index (χ3v) is 4.35. The Morgan fingerprint density at radius 3 is 2.61 bits per heavy atom. The van der Waals surface area contributed by atoms with Gasteiger partial charge >= 0.3 is 6.03 Å². The van der Waals surface area contributed by atoms with Crippen molar-refractivity contribution in [2.75, 3.05) is 0 Å². The van der Waals surface area contributed by atoms with Crippen molar-refractivity contribution in [3.05, 3.63) is 59.4 Å². The third kappa shape index (κ3) is 2.20. The van der Waals surface area contributed by atoms with E-state index in [1.807, 2.05) is 47.2 Å². The van der Waals surface area contributed by atoms with E-state index in [1.54, 1.807) is 0 Å². The summed E-state index contributed by atoms with van der Waals surface area (Å²) in [6.07, 6.45) is 3.39. The number of aryl methyl sites for hydroxylation is 1. The van der Waals surface area contributed by atoms with Gasteiger partial charge in [0.15, 0.2) is 5.54 Å². The molecule has 0 aliphatic carbocycles. The lowest BCUT2D eigenvalue weighted by Crippen LogP contribution is -2.47. The van der Waals surface area contributed by atoms with Gasteiger partial charge in [0.05, 0.1) is 5.69 Å². The van der Waals surface area contributed by atoms with Crippen LogP contribution in [0.3, 0.4) is 0 Å². The fourth-order valence-electron chi connectivity index (χ4n) is 3.28. The van der Waals surface area contributed by atoms with Gasteiger partial charge in [-0.15, -0.1) is 0 Å². The molecule has 5 nitrogen and oxygen atoms in total. The Kier molecular flexibility index (Phi) is 2.98. The predicted octanol–water partition coefficient (Wildman–Crippen LogP) is 1.72. The lowest BCUT2D eigenvalue weighted by atomic mass is 9.87. The minimum absolute atomic E-state index is 0.274. The van der Waals surface area contributed by atoms with Gasteiger partial charge in [0, 0.05) is 23.9 Å². The van der Waals surface area contributed by atoms with Crippen LogP contribution in [0.1, 0.15) is 29.7 Å². The molecule has 2 aliphatic heterocycles. The summed E-state index contributed by atoms with van der Waals surface area (Å²) in [6, 6.07) is 11.2. The fourth-order valence-corrected chi connectivity index (χ4v) is 3.28. The minimum Gasteiger partial charge on any atom is -0.348 e. The number of carbonyl (C=O) groups excluding carboxylic acids is 2. The molecule has 3 amide bonds. The maximum Gasteiger partial charge on any atom is 0.322 e. The summed E-state index contributed by atoms with van der Waals surface area (Å²) in [4.78, 5) is 23.8. The van der Waals surface area contributed by atoms with Crippen LogP contribution in [0.4, 0.5) is 4.79 Å². The summed E-state index contributed by atoms with van der Waals surface area (Å²) >= 11 is 0. The smallest absolute Gasteiger partial charge is 0.322 e. The summed E-state index contributed by atoms with van der Waals surface area (Å²) in [5.41, 5.74) is 1.66. The van der Waals surface area contributed by atoms with Crippen LogP contribution < -0.4 is 10.6 Å². The second-order valence-corrected chi connectivity index (χ2v) is 5.84. The lowest BCUT2D eigenvalue weighted by molar-refractivity contribution is -0.125. The van der Waals surface area contributed by atoms with Gasteiger partial charge in [-0.25, -0.2) is 4.79 Å². The average molecular weight is 305 g/mol. The van der Waals surface area contributed by atoms with Crippen LogP contribution >= 0.6 is 0 Å². The molecule has 1 atom stereocenters. The number of urea groups is 1. The summed E-state index contributed by atoms with van der Waals surface area (Å²) in [5, 5.41) is 5.14. The van der Waals surface area contributed by atoms with E-state index in [0.29, 0.717) is 6.42 Å². The monoisotopic (exact) mass is 305 g/mol. The molecule has 0 radical (unpaired) electrons. The van der Waals surface area contributed by atoms with Crippen molar-refractivity contribution in [2.45, 2.75) is 24.9 Å². The van der Waals surface area contributed by atoms with Crippen molar-refractivity contribution < 1.29 is 9.59 Å². The molecule has 1 fully saturated rings. The molecule has 1 spiro atoms. The van der Waals surface area contributed by atoms with Gasteiger partial charge in [-0.05, 0) is 31.0 Å². The molecule has 2 aliphatic rings. The predicted molar refractivity (Wildman–Crippen MR) is 84.4 cm³/mol.